The van der Waals surface area contributed by atoms with Crippen LogP contribution < -0.4 is 10.6 Å². The van der Waals surface area contributed by atoms with Crippen LogP contribution in [0.2, 0.25) is 0 Å². The molecule has 0 saturated carbocycles. The SMILES string of the molecule is O=C(NCC1CNCC1O)c1cn(Cc2cccs2)nn1. The molecule has 2 aromatic heterocycles. The Kier molecular flexibility index (Phi) is 4.28. The molecule has 1 amide bonds. The van der Waals surface area contributed by atoms with Crippen LogP contribution in [0.4, 0.5) is 0 Å². The minimum Gasteiger partial charge on any atom is -0.391 e. The molecular weight excluding hydrogens is 290 g/mol. The fourth-order valence-electron chi connectivity index (χ4n) is 2.28. The van der Waals surface area contributed by atoms with Crippen LogP contribution >= 0.6 is 11.3 Å². The van der Waals surface area contributed by atoms with Crippen LogP contribution in [0.5, 0.6) is 0 Å². The molecule has 3 N–H and O–H groups in total. The van der Waals surface area contributed by atoms with Gasteiger partial charge in [-0.1, -0.05) is 11.3 Å². The molecule has 0 bridgehead atoms. The second-order valence-electron chi connectivity index (χ2n) is 5.08. The molecule has 2 aromatic rings. The van der Waals surface area contributed by atoms with Gasteiger partial charge in [0.2, 0.25) is 0 Å². The van der Waals surface area contributed by atoms with Crippen LogP contribution in [0, 0.1) is 5.92 Å². The summed E-state index contributed by atoms with van der Waals surface area (Å²) in [5, 5.41) is 25.4. The number of amides is 1. The highest BCUT2D eigenvalue weighted by atomic mass is 32.1. The van der Waals surface area contributed by atoms with E-state index in [1.54, 1.807) is 22.2 Å². The number of nitrogens with one attached hydrogen (secondary N) is 2. The van der Waals surface area contributed by atoms with E-state index < -0.39 is 6.10 Å². The number of hydrogen-bond acceptors (Lipinski definition) is 6. The van der Waals surface area contributed by atoms with E-state index >= 15 is 0 Å². The van der Waals surface area contributed by atoms with E-state index in [0.717, 1.165) is 4.88 Å². The first-order chi connectivity index (χ1) is 10.2. The third kappa shape index (κ3) is 3.46. The van der Waals surface area contributed by atoms with E-state index in [4.69, 9.17) is 0 Å². The number of carbonyl (C=O) groups is 1. The Labute approximate surface area is 126 Å². The highest BCUT2D eigenvalue weighted by molar-refractivity contribution is 7.09. The standard InChI is InChI=1S/C13H17N5O2S/c19-12-6-14-4-9(12)5-15-13(20)11-8-18(17-16-11)7-10-2-1-3-21-10/h1-3,8-9,12,14,19H,4-7H2,(H,15,20). The zero-order valence-corrected chi connectivity index (χ0v) is 12.2. The molecule has 21 heavy (non-hydrogen) atoms. The van der Waals surface area contributed by atoms with Crippen molar-refractivity contribution in [1.29, 1.82) is 0 Å². The number of nitrogens with zero attached hydrogens (tertiary/aromatic N) is 3. The molecule has 1 aliphatic heterocycles. The van der Waals surface area contributed by atoms with Crippen molar-refractivity contribution in [1.82, 2.24) is 25.6 Å². The van der Waals surface area contributed by atoms with E-state index in [1.165, 1.54) is 0 Å². The van der Waals surface area contributed by atoms with Gasteiger partial charge in [0.1, 0.15) is 0 Å². The van der Waals surface area contributed by atoms with Crippen molar-refractivity contribution < 1.29 is 9.90 Å². The Bertz CT molecular complexity index is 597. The first-order valence-electron chi connectivity index (χ1n) is 6.82. The summed E-state index contributed by atoms with van der Waals surface area (Å²) in [6.07, 6.45) is 1.23. The number of aromatic nitrogens is 3. The minimum absolute atomic E-state index is 0.0510. The second-order valence-corrected chi connectivity index (χ2v) is 6.11. The lowest BCUT2D eigenvalue weighted by Crippen LogP contribution is -2.34. The maximum Gasteiger partial charge on any atom is 0.273 e. The van der Waals surface area contributed by atoms with Crippen molar-refractivity contribution in [3.63, 3.8) is 0 Å². The van der Waals surface area contributed by atoms with Gasteiger partial charge in [-0.2, -0.15) is 0 Å². The van der Waals surface area contributed by atoms with E-state index in [2.05, 4.69) is 20.9 Å². The zero-order chi connectivity index (χ0) is 14.7. The highest BCUT2D eigenvalue weighted by Crippen LogP contribution is 2.10. The molecule has 3 rings (SSSR count). The first-order valence-corrected chi connectivity index (χ1v) is 7.70. The Morgan fingerprint density at radius 2 is 2.48 bits per heavy atom. The molecule has 1 fully saturated rings. The number of aliphatic hydroxyl groups is 1. The monoisotopic (exact) mass is 307 g/mol. The Hall–Kier alpha value is -1.77. The average Bonchev–Trinajstić information content (AvgIpc) is 3.19. The van der Waals surface area contributed by atoms with Gasteiger partial charge in [-0.05, 0) is 11.4 Å². The van der Waals surface area contributed by atoms with Gasteiger partial charge in [-0.25, -0.2) is 4.68 Å². The summed E-state index contributed by atoms with van der Waals surface area (Å²) in [5.41, 5.74) is 0.298. The van der Waals surface area contributed by atoms with Crippen molar-refractivity contribution >= 4 is 17.2 Å². The number of rotatable bonds is 5. The summed E-state index contributed by atoms with van der Waals surface area (Å²) < 4.78 is 1.65. The first kappa shape index (κ1) is 14.2. The minimum atomic E-state index is -0.403. The molecule has 0 aliphatic carbocycles. The van der Waals surface area contributed by atoms with Crippen LogP contribution in [0.1, 0.15) is 15.4 Å². The van der Waals surface area contributed by atoms with Gasteiger partial charge in [-0.15, -0.1) is 16.4 Å². The molecule has 8 heteroatoms. The van der Waals surface area contributed by atoms with Crippen molar-refractivity contribution in [3.05, 3.63) is 34.3 Å². The summed E-state index contributed by atoms with van der Waals surface area (Å²) in [6, 6.07) is 3.99. The third-order valence-electron chi connectivity index (χ3n) is 3.50. The maximum atomic E-state index is 12.0. The molecule has 0 aromatic carbocycles. The van der Waals surface area contributed by atoms with Gasteiger partial charge < -0.3 is 15.7 Å². The summed E-state index contributed by atoms with van der Waals surface area (Å²) in [7, 11) is 0. The molecule has 1 saturated heterocycles. The van der Waals surface area contributed by atoms with Gasteiger partial charge in [0, 0.05) is 30.4 Å². The smallest absolute Gasteiger partial charge is 0.273 e. The third-order valence-corrected chi connectivity index (χ3v) is 4.36. The topological polar surface area (TPSA) is 92.1 Å². The quantitative estimate of drug-likeness (QED) is 0.705. The number of thiophene rings is 1. The lowest BCUT2D eigenvalue weighted by Gasteiger charge is -2.13. The zero-order valence-electron chi connectivity index (χ0n) is 11.4. The predicted molar refractivity (Wildman–Crippen MR) is 78.1 cm³/mol. The summed E-state index contributed by atoms with van der Waals surface area (Å²) >= 11 is 1.64. The molecule has 2 unspecified atom stereocenters. The number of hydrogen-bond donors (Lipinski definition) is 3. The van der Waals surface area contributed by atoms with Crippen LogP contribution in [-0.4, -0.2) is 51.7 Å². The lowest BCUT2D eigenvalue weighted by atomic mass is 10.1. The lowest BCUT2D eigenvalue weighted by molar-refractivity contribution is 0.0922. The van der Waals surface area contributed by atoms with Gasteiger partial charge in [-0.3, -0.25) is 4.79 Å². The van der Waals surface area contributed by atoms with Gasteiger partial charge in [0.15, 0.2) is 5.69 Å². The molecular formula is C13H17N5O2S. The second kappa shape index (κ2) is 6.33. The largest absolute Gasteiger partial charge is 0.391 e. The van der Waals surface area contributed by atoms with Crippen molar-refractivity contribution in [2.24, 2.45) is 5.92 Å². The van der Waals surface area contributed by atoms with Gasteiger partial charge >= 0.3 is 0 Å². The van der Waals surface area contributed by atoms with E-state index in [0.29, 0.717) is 31.9 Å². The molecule has 0 spiro atoms. The van der Waals surface area contributed by atoms with Crippen molar-refractivity contribution in [2.75, 3.05) is 19.6 Å². The molecule has 7 nitrogen and oxygen atoms in total. The Morgan fingerprint density at radius 3 is 3.19 bits per heavy atom. The van der Waals surface area contributed by atoms with Crippen molar-refractivity contribution in [2.45, 2.75) is 12.6 Å². The fraction of sp³-hybridized carbons (Fsp3) is 0.462. The summed E-state index contributed by atoms with van der Waals surface area (Å²) in [5.74, 6) is -0.207. The highest BCUT2D eigenvalue weighted by Gasteiger charge is 2.25. The predicted octanol–water partition coefficient (Wildman–Crippen LogP) is -0.302. The van der Waals surface area contributed by atoms with Crippen molar-refractivity contribution in [3.8, 4) is 0 Å². The molecule has 112 valence electrons. The summed E-state index contributed by atoms with van der Waals surface area (Å²) in [6.45, 7) is 2.35. The average molecular weight is 307 g/mol. The van der Waals surface area contributed by atoms with E-state index in [1.807, 2.05) is 17.5 Å². The summed E-state index contributed by atoms with van der Waals surface area (Å²) in [4.78, 5) is 13.2. The van der Waals surface area contributed by atoms with E-state index in [9.17, 15) is 9.90 Å². The number of β-amino-alcohol motifs (C(OH)–C–C–N with tert-alkyl or cyclic N) is 1. The molecule has 2 atom stereocenters. The van der Waals surface area contributed by atoms with Crippen LogP contribution in [0.25, 0.3) is 0 Å². The van der Waals surface area contributed by atoms with E-state index in [-0.39, 0.29) is 11.8 Å². The fourth-order valence-corrected chi connectivity index (χ4v) is 2.98. The number of aliphatic hydroxyl groups excluding tert-OH is 1. The Balaban J connectivity index is 1.54. The van der Waals surface area contributed by atoms with Crippen LogP contribution in [-0.2, 0) is 6.54 Å². The maximum absolute atomic E-state index is 12.0. The van der Waals surface area contributed by atoms with Crippen LogP contribution in [0.3, 0.4) is 0 Å². The molecule has 0 radical (unpaired) electrons. The van der Waals surface area contributed by atoms with Gasteiger partial charge in [0.05, 0.1) is 18.8 Å². The molecule has 1 aliphatic rings. The Morgan fingerprint density at radius 1 is 1.57 bits per heavy atom. The number of carbonyl (C=O) groups excluding carboxylic acids is 1. The normalized spacial score (nSPS) is 21.6. The molecule has 3 heterocycles. The van der Waals surface area contributed by atoms with Gasteiger partial charge in [0.25, 0.3) is 5.91 Å². The van der Waals surface area contributed by atoms with Crippen LogP contribution in [0.15, 0.2) is 23.7 Å².